The fourth-order valence-electron chi connectivity index (χ4n) is 3.11. The van der Waals surface area contributed by atoms with Gasteiger partial charge in [0.25, 0.3) is 0 Å². The van der Waals surface area contributed by atoms with Crippen LogP contribution in [0.3, 0.4) is 0 Å². The smallest absolute Gasteiger partial charge is 0.325 e. The average Bonchev–Trinajstić information content (AvgIpc) is 2.64. The van der Waals surface area contributed by atoms with Crippen molar-refractivity contribution in [2.45, 2.75) is 25.9 Å². The van der Waals surface area contributed by atoms with Gasteiger partial charge in [-0.2, -0.15) is 0 Å². The SMILES string of the molecule is COC(=O)CN(C)C(=O)C[C@@H]1C(=O)NCCN1Cc1ccc(OC)c(C)c1. The molecular formula is C19H27N3O5. The molecule has 27 heavy (non-hydrogen) atoms. The number of aryl methyl sites for hydroxylation is 1. The molecule has 0 aromatic heterocycles. The summed E-state index contributed by atoms with van der Waals surface area (Å²) in [5.41, 5.74) is 2.06. The number of nitrogens with one attached hydrogen (secondary N) is 1. The molecule has 148 valence electrons. The summed E-state index contributed by atoms with van der Waals surface area (Å²) in [6.07, 6.45) is 0.00840. The predicted molar refractivity (Wildman–Crippen MR) is 99.2 cm³/mol. The van der Waals surface area contributed by atoms with E-state index >= 15 is 0 Å². The summed E-state index contributed by atoms with van der Waals surface area (Å²) in [6.45, 7) is 3.57. The maximum Gasteiger partial charge on any atom is 0.325 e. The summed E-state index contributed by atoms with van der Waals surface area (Å²) in [6, 6.07) is 5.31. The molecule has 8 heteroatoms. The van der Waals surface area contributed by atoms with Gasteiger partial charge in [-0.15, -0.1) is 0 Å². The van der Waals surface area contributed by atoms with Crippen molar-refractivity contribution in [1.29, 1.82) is 0 Å². The Kier molecular flexibility index (Phi) is 7.18. The lowest BCUT2D eigenvalue weighted by Gasteiger charge is -2.35. The number of amides is 2. The third-order valence-corrected chi connectivity index (χ3v) is 4.67. The Bertz CT molecular complexity index is 707. The van der Waals surface area contributed by atoms with E-state index in [1.54, 1.807) is 7.11 Å². The van der Waals surface area contributed by atoms with Crippen molar-refractivity contribution in [2.24, 2.45) is 0 Å². The minimum absolute atomic E-state index is 0.00840. The van der Waals surface area contributed by atoms with Gasteiger partial charge in [-0.25, -0.2) is 0 Å². The summed E-state index contributed by atoms with van der Waals surface area (Å²) >= 11 is 0. The zero-order valence-corrected chi connectivity index (χ0v) is 16.3. The Morgan fingerprint density at radius 1 is 1.33 bits per heavy atom. The monoisotopic (exact) mass is 377 g/mol. The molecular weight excluding hydrogens is 350 g/mol. The van der Waals surface area contributed by atoms with Crippen molar-refractivity contribution in [3.63, 3.8) is 0 Å². The second kappa shape index (κ2) is 9.36. The molecule has 1 atom stereocenters. The lowest BCUT2D eigenvalue weighted by Crippen LogP contribution is -2.56. The van der Waals surface area contributed by atoms with E-state index < -0.39 is 12.0 Å². The Labute approximate surface area is 159 Å². The second-order valence-corrected chi connectivity index (χ2v) is 6.61. The summed E-state index contributed by atoms with van der Waals surface area (Å²) < 4.78 is 9.86. The highest BCUT2D eigenvalue weighted by Gasteiger charge is 2.32. The van der Waals surface area contributed by atoms with Gasteiger partial charge < -0.3 is 19.7 Å². The molecule has 2 rings (SSSR count). The van der Waals surface area contributed by atoms with Gasteiger partial charge >= 0.3 is 5.97 Å². The van der Waals surface area contributed by atoms with Crippen LogP contribution in [0.25, 0.3) is 0 Å². The zero-order valence-electron chi connectivity index (χ0n) is 16.3. The number of benzene rings is 1. The standard InChI is InChI=1S/C19H27N3O5/c1-13-9-14(5-6-16(13)26-3)11-22-8-7-20-19(25)15(22)10-17(23)21(2)12-18(24)27-4/h5-6,9,15H,7-8,10-12H2,1-4H3,(H,20,25)/t15-/m1/s1. The molecule has 0 aliphatic carbocycles. The van der Waals surface area contributed by atoms with E-state index in [0.29, 0.717) is 19.6 Å². The maximum atomic E-state index is 12.4. The first-order valence-electron chi connectivity index (χ1n) is 8.81. The van der Waals surface area contributed by atoms with Crippen LogP contribution in [-0.4, -0.2) is 74.5 Å². The maximum absolute atomic E-state index is 12.4. The van der Waals surface area contributed by atoms with Crippen LogP contribution in [0.4, 0.5) is 0 Å². The van der Waals surface area contributed by atoms with Crippen molar-refractivity contribution in [2.75, 3.05) is 40.9 Å². The number of likely N-dealkylation sites (N-methyl/N-ethyl adjacent to an activating group) is 1. The normalized spacial score (nSPS) is 17.2. The summed E-state index contributed by atoms with van der Waals surface area (Å²) in [5.74, 6) is -0.138. The van der Waals surface area contributed by atoms with Crippen LogP contribution in [-0.2, 0) is 25.7 Å². The molecule has 1 saturated heterocycles. The molecule has 0 bridgehead atoms. The van der Waals surface area contributed by atoms with E-state index in [1.165, 1.54) is 19.1 Å². The highest BCUT2D eigenvalue weighted by atomic mass is 16.5. The molecule has 1 aromatic rings. The number of esters is 1. The molecule has 1 aromatic carbocycles. The fraction of sp³-hybridized carbons (Fsp3) is 0.526. The van der Waals surface area contributed by atoms with Crippen molar-refractivity contribution in [3.8, 4) is 5.75 Å². The number of hydrogen-bond donors (Lipinski definition) is 1. The topological polar surface area (TPSA) is 88.2 Å². The van der Waals surface area contributed by atoms with Crippen molar-refractivity contribution in [3.05, 3.63) is 29.3 Å². The van der Waals surface area contributed by atoms with Crippen LogP contribution in [0.2, 0.25) is 0 Å². The Hall–Kier alpha value is -2.61. The van der Waals surface area contributed by atoms with E-state index in [9.17, 15) is 14.4 Å². The molecule has 0 saturated carbocycles. The zero-order chi connectivity index (χ0) is 20.0. The molecule has 1 N–H and O–H groups in total. The number of carbonyl (C=O) groups excluding carboxylic acids is 3. The van der Waals surface area contributed by atoms with Gasteiger partial charge in [-0.1, -0.05) is 12.1 Å². The van der Waals surface area contributed by atoms with Gasteiger partial charge in [0.05, 0.1) is 26.7 Å². The van der Waals surface area contributed by atoms with Crippen molar-refractivity contribution in [1.82, 2.24) is 15.1 Å². The van der Waals surface area contributed by atoms with Crippen LogP contribution < -0.4 is 10.1 Å². The van der Waals surface area contributed by atoms with Crippen molar-refractivity contribution < 1.29 is 23.9 Å². The number of methoxy groups -OCH3 is 2. The Morgan fingerprint density at radius 3 is 2.70 bits per heavy atom. The number of rotatable bonds is 7. The van der Waals surface area contributed by atoms with Crippen LogP contribution in [0.15, 0.2) is 18.2 Å². The molecule has 0 radical (unpaired) electrons. The second-order valence-electron chi connectivity index (χ2n) is 6.61. The van der Waals surface area contributed by atoms with Crippen LogP contribution in [0.1, 0.15) is 17.5 Å². The number of ether oxygens (including phenoxy) is 2. The molecule has 1 fully saturated rings. The number of nitrogens with zero attached hydrogens (tertiary/aromatic N) is 2. The lowest BCUT2D eigenvalue weighted by atomic mass is 10.0. The van der Waals surface area contributed by atoms with Gasteiger partial charge in [0.2, 0.25) is 11.8 Å². The van der Waals surface area contributed by atoms with Crippen LogP contribution in [0, 0.1) is 6.92 Å². The first-order chi connectivity index (χ1) is 12.8. The molecule has 1 aliphatic rings. The summed E-state index contributed by atoms with van der Waals surface area (Å²) in [7, 11) is 4.43. The first-order valence-corrected chi connectivity index (χ1v) is 8.81. The molecule has 0 unspecified atom stereocenters. The molecule has 1 aliphatic heterocycles. The predicted octanol–water partition coefficient (Wildman–Crippen LogP) is 0.326. The number of hydrogen-bond acceptors (Lipinski definition) is 6. The molecule has 0 spiro atoms. The Balaban J connectivity index is 2.08. The molecule has 2 amide bonds. The van der Waals surface area contributed by atoms with Gasteiger partial charge in [0.15, 0.2) is 0 Å². The molecule has 1 heterocycles. The lowest BCUT2D eigenvalue weighted by molar-refractivity contribution is -0.147. The van der Waals surface area contributed by atoms with E-state index in [4.69, 9.17) is 4.74 Å². The minimum atomic E-state index is -0.575. The largest absolute Gasteiger partial charge is 0.496 e. The highest BCUT2D eigenvalue weighted by molar-refractivity contribution is 5.90. The number of carbonyl (C=O) groups is 3. The minimum Gasteiger partial charge on any atom is -0.496 e. The Morgan fingerprint density at radius 2 is 2.07 bits per heavy atom. The van der Waals surface area contributed by atoms with E-state index in [1.807, 2.05) is 30.0 Å². The molecule has 8 nitrogen and oxygen atoms in total. The van der Waals surface area contributed by atoms with Gasteiger partial charge in [0, 0.05) is 26.7 Å². The van der Waals surface area contributed by atoms with Crippen LogP contribution in [0.5, 0.6) is 5.75 Å². The third-order valence-electron chi connectivity index (χ3n) is 4.67. The van der Waals surface area contributed by atoms with Gasteiger partial charge in [0.1, 0.15) is 12.3 Å². The van der Waals surface area contributed by atoms with E-state index in [-0.39, 0.29) is 24.8 Å². The quantitative estimate of drug-likeness (QED) is 0.689. The number of piperazine rings is 1. The van der Waals surface area contributed by atoms with Crippen molar-refractivity contribution >= 4 is 17.8 Å². The third kappa shape index (κ3) is 5.43. The van der Waals surface area contributed by atoms with E-state index in [2.05, 4.69) is 10.1 Å². The van der Waals surface area contributed by atoms with Gasteiger partial charge in [-0.05, 0) is 24.1 Å². The average molecular weight is 377 g/mol. The van der Waals surface area contributed by atoms with E-state index in [0.717, 1.165) is 16.9 Å². The summed E-state index contributed by atoms with van der Waals surface area (Å²) in [4.78, 5) is 39.4. The van der Waals surface area contributed by atoms with Gasteiger partial charge in [-0.3, -0.25) is 19.3 Å². The highest BCUT2D eigenvalue weighted by Crippen LogP contribution is 2.21. The first kappa shape index (κ1) is 20.7. The summed E-state index contributed by atoms with van der Waals surface area (Å²) in [5, 5.41) is 2.81. The fourth-order valence-corrected chi connectivity index (χ4v) is 3.11. The van der Waals surface area contributed by atoms with Crippen LogP contribution >= 0.6 is 0 Å².